The summed E-state index contributed by atoms with van der Waals surface area (Å²) in [6, 6.07) is 4.32. The lowest BCUT2D eigenvalue weighted by Gasteiger charge is -2.59. The third-order valence-electron chi connectivity index (χ3n) is 8.96. The zero-order valence-electron chi connectivity index (χ0n) is 17.0. The van der Waals surface area contributed by atoms with Crippen molar-refractivity contribution in [2.45, 2.75) is 65.4 Å². The highest BCUT2D eigenvalue weighted by Gasteiger charge is 2.58. The van der Waals surface area contributed by atoms with Crippen LogP contribution in [0.3, 0.4) is 0 Å². The lowest BCUT2D eigenvalue weighted by molar-refractivity contribution is -0.0425. The molecule has 0 saturated heterocycles. The average Bonchev–Trinajstić information content (AvgIpc) is 3.01. The molecule has 0 amide bonds. The molecule has 1 heterocycles. The summed E-state index contributed by atoms with van der Waals surface area (Å²) >= 11 is 0. The predicted molar refractivity (Wildman–Crippen MR) is 110 cm³/mol. The number of allylic oxidation sites excluding steroid dienone is 3. The van der Waals surface area contributed by atoms with E-state index in [9.17, 15) is 5.11 Å². The van der Waals surface area contributed by atoms with Gasteiger partial charge in [-0.25, -0.2) is 0 Å². The molecule has 0 bridgehead atoms. The van der Waals surface area contributed by atoms with Gasteiger partial charge in [-0.1, -0.05) is 44.6 Å². The number of hydrogen-bond donors (Lipinski definition) is 1. The van der Waals surface area contributed by atoms with Crippen LogP contribution in [0.1, 0.15) is 64.9 Å². The van der Waals surface area contributed by atoms with Gasteiger partial charge in [0.25, 0.3) is 0 Å². The number of nitrogens with zero attached hydrogens (tertiary/aromatic N) is 1. The van der Waals surface area contributed by atoms with Crippen LogP contribution in [0.5, 0.6) is 0 Å². The van der Waals surface area contributed by atoms with Gasteiger partial charge in [-0.15, -0.1) is 0 Å². The molecule has 0 radical (unpaired) electrons. The van der Waals surface area contributed by atoms with E-state index in [1.807, 2.05) is 6.20 Å². The van der Waals surface area contributed by atoms with E-state index >= 15 is 0 Å². The number of aliphatic hydroxyl groups is 1. The second-order valence-corrected chi connectivity index (χ2v) is 10.2. The molecule has 4 aliphatic carbocycles. The van der Waals surface area contributed by atoms with Crippen LogP contribution in [0, 0.1) is 34.5 Å². The molecule has 0 aliphatic heterocycles. The van der Waals surface area contributed by atoms with Crippen LogP contribution in [-0.2, 0) is 0 Å². The first-order valence-electron chi connectivity index (χ1n) is 10.9. The molecule has 1 N–H and O–H groups in total. The molecule has 1 aromatic heterocycles. The Morgan fingerprint density at radius 2 is 1.93 bits per heavy atom. The second kappa shape index (κ2) is 6.04. The lowest BCUT2D eigenvalue weighted by Crippen LogP contribution is -2.52. The van der Waals surface area contributed by atoms with E-state index in [1.165, 1.54) is 31.2 Å². The van der Waals surface area contributed by atoms with Crippen molar-refractivity contribution in [2.24, 2.45) is 34.5 Å². The summed E-state index contributed by atoms with van der Waals surface area (Å²) in [6.45, 7) is 7.49. The topological polar surface area (TPSA) is 33.1 Å². The molecule has 5 rings (SSSR count). The van der Waals surface area contributed by atoms with E-state index in [2.05, 4.69) is 56.2 Å². The van der Waals surface area contributed by atoms with Gasteiger partial charge in [0.15, 0.2) is 0 Å². The highest BCUT2D eigenvalue weighted by molar-refractivity contribution is 5.72. The fraction of sp³-hybridized carbons (Fsp3) is 0.640. The number of aromatic nitrogens is 1. The van der Waals surface area contributed by atoms with Gasteiger partial charge in [0.05, 0.1) is 6.10 Å². The van der Waals surface area contributed by atoms with Crippen LogP contribution in [-0.4, -0.2) is 16.2 Å². The third kappa shape index (κ3) is 2.45. The summed E-state index contributed by atoms with van der Waals surface area (Å²) in [5.41, 5.74) is 5.04. The van der Waals surface area contributed by atoms with Crippen LogP contribution in [0.2, 0.25) is 0 Å². The Morgan fingerprint density at radius 1 is 1.11 bits per heavy atom. The zero-order valence-corrected chi connectivity index (χ0v) is 17.0. The van der Waals surface area contributed by atoms with Crippen molar-refractivity contribution >= 4 is 5.57 Å². The van der Waals surface area contributed by atoms with Crippen molar-refractivity contribution in [3.63, 3.8) is 0 Å². The standard InChI is InChI=1S/C25H33NO/c1-16-13-18-14-19(27)8-10-24(18,2)22-9-11-25(3)20(6-7-21(25)23(16)22)17-5-4-12-26-15-17/h4-6,12-13,15-16,19,21-23,27H,7-11,14H2,1-3H3/t16?,19?,21-,22-,23-,24-,25+/m0/s1. The Morgan fingerprint density at radius 3 is 2.70 bits per heavy atom. The summed E-state index contributed by atoms with van der Waals surface area (Å²) in [4.78, 5) is 4.39. The molecule has 2 heteroatoms. The molecule has 2 saturated carbocycles. The first-order chi connectivity index (χ1) is 12.9. The monoisotopic (exact) mass is 363 g/mol. The predicted octanol–water partition coefficient (Wildman–Crippen LogP) is 5.64. The Bertz CT molecular complexity index is 796. The number of aliphatic hydroxyl groups excluding tert-OH is 1. The molecule has 2 nitrogen and oxygen atoms in total. The summed E-state index contributed by atoms with van der Waals surface area (Å²) in [5.74, 6) is 2.90. The van der Waals surface area contributed by atoms with Crippen molar-refractivity contribution < 1.29 is 5.11 Å². The van der Waals surface area contributed by atoms with E-state index in [4.69, 9.17) is 0 Å². The zero-order chi connectivity index (χ0) is 18.8. The first kappa shape index (κ1) is 17.7. The smallest absolute Gasteiger partial charge is 0.0577 e. The second-order valence-electron chi connectivity index (χ2n) is 10.2. The molecule has 2 fully saturated rings. The van der Waals surface area contributed by atoms with Crippen LogP contribution in [0.15, 0.2) is 42.3 Å². The van der Waals surface area contributed by atoms with Crippen molar-refractivity contribution in [2.75, 3.05) is 0 Å². The largest absolute Gasteiger partial charge is 0.393 e. The molecule has 2 unspecified atom stereocenters. The summed E-state index contributed by atoms with van der Waals surface area (Å²) in [7, 11) is 0. The van der Waals surface area contributed by atoms with Crippen LogP contribution in [0.25, 0.3) is 5.57 Å². The maximum absolute atomic E-state index is 10.2. The number of fused-ring (bicyclic) bond motifs is 5. The molecule has 1 aromatic rings. The molecule has 144 valence electrons. The summed E-state index contributed by atoms with van der Waals surface area (Å²) in [5, 5.41) is 10.2. The highest BCUT2D eigenvalue weighted by atomic mass is 16.3. The number of pyridine rings is 1. The minimum atomic E-state index is -0.118. The van der Waals surface area contributed by atoms with E-state index < -0.39 is 0 Å². The van der Waals surface area contributed by atoms with Crippen molar-refractivity contribution in [3.8, 4) is 0 Å². The van der Waals surface area contributed by atoms with Gasteiger partial charge >= 0.3 is 0 Å². The minimum absolute atomic E-state index is 0.118. The molecular weight excluding hydrogens is 330 g/mol. The fourth-order valence-corrected chi connectivity index (χ4v) is 7.54. The first-order valence-corrected chi connectivity index (χ1v) is 10.9. The van der Waals surface area contributed by atoms with E-state index in [-0.39, 0.29) is 11.5 Å². The van der Waals surface area contributed by atoms with E-state index in [1.54, 1.807) is 11.1 Å². The Kier molecular flexibility index (Phi) is 3.95. The van der Waals surface area contributed by atoms with Gasteiger partial charge in [0, 0.05) is 12.4 Å². The normalized spacial score (nSPS) is 46.0. The summed E-state index contributed by atoms with van der Waals surface area (Å²) < 4.78 is 0. The highest BCUT2D eigenvalue weighted by Crippen LogP contribution is 2.67. The average molecular weight is 364 g/mol. The van der Waals surface area contributed by atoms with Gasteiger partial charge in [0.2, 0.25) is 0 Å². The van der Waals surface area contributed by atoms with Gasteiger partial charge < -0.3 is 5.11 Å². The molecule has 0 spiro atoms. The van der Waals surface area contributed by atoms with Crippen LogP contribution >= 0.6 is 0 Å². The van der Waals surface area contributed by atoms with Crippen molar-refractivity contribution in [1.29, 1.82) is 0 Å². The minimum Gasteiger partial charge on any atom is -0.393 e. The van der Waals surface area contributed by atoms with Gasteiger partial charge in [-0.3, -0.25) is 4.98 Å². The molecular formula is C25H33NO. The van der Waals surface area contributed by atoms with Gasteiger partial charge in [-0.2, -0.15) is 0 Å². The quantitative estimate of drug-likeness (QED) is 0.655. The van der Waals surface area contributed by atoms with Crippen LogP contribution in [0.4, 0.5) is 0 Å². The molecule has 4 aliphatic rings. The summed E-state index contributed by atoms with van der Waals surface area (Å²) in [6.07, 6.45) is 15.8. The van der Waals surface area contributed by atoms with E-state index in [0.717, 1.165) is 30.6 Å². The van der Waals surface area contributed by atoms with Crippen molar-refractivity contribution in [3.05, 3.63) is 47.8 Å². The maximum atomic E-state index is 10.2. The molecule has 27 heavy (non-hydrogen) atoms. The van der Waals surface area contributed by atoms with E-state index in [0.29, 0.717) is 11.3 Å². The Hall–Kier alpha value is -1.41. The van der Waals surface area contributed by atoms with Crippen molar-refractivity contribution in [1.82, 2.24) is 4.98 Å². The number of rotatable bonds is 1. The fourth-order valence-electron chi connectivity index (χ4n) is 7.54. The SMILES string of the molecule is CC1C=C2CC(O)CC[C@]2(C)[C@H]2CC[C@]3(C)C(c4cccnc4)=CC[C@H]3[C@H]12. The Balaban J connectivity index is 1.52. The molecule has 7 atom stereocenters. The van der Waals surface area contributed by atoms with Crippen LogP contribution < -0.4 is 0 Å². The Labute approximate surface area is 163 Å². The molecule has 0 aromatic carbocycles. The van der Waals surface area contributed by atoms with Gasteiger partial charge in [-0.05, 0) is 90.2 Å². The maximum Gasteiger partial charge on any atom is 0.0577 e. The third-order valence-corrected chi connectivity index (χ3v) is 8.96. The lowest BCUT2D eigenvalue weighted by atomic mass is 9.45. The van der Waals surface area contributed by atoms with Gasteiger partial charge in [0.1, 0.15) is 0 Å². The number of hydrogen-bond acceptors (Lipinski definition) is 2.